The van der Waals surface area contributed by atoms with Gasteiger partial charge in [0.25, 0.3) is 0 Å². The number of pyridine rings is 1. The third-order valence-electron chi connectivity index (χ3n) is 8.65. The third kappa shape index (κ3) is 4.20. The van der Waals surface area contributed by atoms with Crippen LogP contribution in [0.3, 0.4) is 0 Å². The molecule has 0 radical (unpaired) electrons. The molecule has 1 aliphatic rings. The number of aryl methyl sites for hydroxylation is 1. The maximum Gasteiger partial charge on any atom is 0.124 e. The molecular formula is C33H38N2SSi2. The molecule has 0 unspecified atom stereocenters. The summed E-state index contributed by atoms with van der Waals surface area (Å²) in [6, 6.07) is 23.6. The van der Waals surface area contributed by atoms with Crippen LogP contribution in [0.2, 0.25) is 38.3 Å². The van der Waals surface area contributed by atoms with Crippen molar-refractivity contribution in [3.63, 3.8) is 0 Å². The highest BCUT2D eigenvalue weighted by molar-refractivity contribution is 7.22. The van der Waals surface area contributed by atoms with E-state index in [1.165, 1.54) is 44.3 Å². The van der Waals surface area contributed by atoms with Crippen LogP contribution in [-0.2, 0) is 5.41 Å². The topological polar surface area (TPSA) is 25.8 Å². The molecule has 0 saturated heterocycles. The monoisotopic (exact) mass is 550 g/mol. The minimum Gasteiger partial charge on any atom is -0.254 e. The Bertz CT molecular complexity index is 1720. The van der Waals surface area contributed by atoms with Crippen molar-refractivity contribution in [2.24, 2.45) is 0 Å². The lowest BCUT2D eigenvalue weighted by Gasteiger charge is -2.39. The van der Waals surface area contributed by atoms with Gasteiger partial charge in [-0.25, -0.2) is 4.98 Å². The Morgan fingerprint density at radius 1 is 0.816 bits per heavy atom. The van der Waals surface area contributed by atoms with Gasteiger partial charge in [-0.3, -0.25) is 4.98 Å². The van der Waals surface area contributed by atoms with E-state index in [1.807, 2.05) is 17.5 Å². The van der Waals surface area contributed by atoms with Gasteiger partial charge in [-0.15, -0.1) is 11.3 Å². The standard InChI is InChI=1S/C33H38N2SSi2/c1-21-20-34-30(24-17-22-11-9-10-12-25(22)26(18-24)33(2,3)4)31-29(21)35-32(36-31)23-13-14-27-28(19-23)38(7,8)16-15-37(27,5)6/h9-14,17-20H,15-16H2,1-8H3. The maximum atomic E-state index is 5.24. The number of aromatic nitrogens is 2. The zero-order chi connectivity index (χ0) is 27.0. The van der Waals surface area contributed by atoms with Gasteiger partial charge in [0.1, 0.15) is 5.01 Å². The predicted octanol–water partition coefficient (Wildman–Crippen LogP) is 8.63. The number of benzene rings is 3. The minimum atomic E-state index is -1.43. The van der Waals surface area contributed by atoms with Crippen molar-refractivity contribution in [2.45, 2.75) is 71.4 Å². The first-order valence-corrected chi connectivity index (χ1v) is 21.0. The molecule has 0 bridgehead atoms. The van der Waals surface area contributed by atoms with Crippen LogP contribution in [0, 0.1) is 6.92 Å². The molecule has 1 aliphatic heterocycles. The summed E-state index contributed by atoms with van der Waals surface area (Å²) in [4.78, 5) is 10.2. The van der Waals surface area contributed by atoms with Crippen LogP contribution >= 0.6 is 11.3 Å². The molecule has 5 aromatic rings. The van der Waals surface area contributed by atoms with Crippen LogP contribution in [0.15, 0.2) is 60.8 Å². The van der Waals surface area contributed by atoms with E-state index in [-0.39, 0.29) is 5.41 Å². The summed E-state index contributed by atoms with van der Waals surface area (Å²) in [6.45, 7) is 19.2. The van der Waals surface area contributed by atoms with Crippen molar-refractivity contribution in [1.29, 1.82) is 0 Å². The quantitative estimate of drug-likeness (QED) is 0.206. The number of hydrogen-bond donors (Lipinski definition) is 0. The Balaban J connectivity index is 1.55. The highest BCUT2D eigenvalue weighted by Crippen LogP contribution is 2.40. The molecular weight excluding hydrogens is 513 g/mol. The maximum absolute atomic E-state index is 5.24. The molecule has 2 nitrogen and oxygen atoms in total. The Kier molecular flexibility index (Phi) is 5.88. The highest BCUT2D eigenvalue weighted by atomic mass is 32.1. The molecule has 6 rings (SSSR count). The van der Waals surface area contributed by atoms with Crippen molar-refractivity contribution >= 4 is 58.8 Å². The van der Waals surface area contributed by atoms with E-state index >= 15 is 0 Å². The van der Waals surface area contributed by atoms with Crippen LogP contribution in [-0.4, -0.2) is 26.1 Å². The van der Waals surface area contributed by atoms with Crippen molar-refractivity contribution in [3.05, 3.63) is 71.9 Å². The SMILES string of the molecule is Cc1cnc(-c2cc(C(C)(C)C)c3ccccc3c2)c2sc(-c3ccc4c(c3)[Si](C)(C)CC[Si]4(C)C)nc12. The molecule has 3 heterocycles. The largest absolute Gasteiger partial charge is 0.254 e. The van der Waals surface area contributed by atoms with E-state index in [9.17, 15) is 0 Å². The summed E-state index contributed by atoms with van der Waals surface area (Å²) in [7, 11) is -2.78. The Morgan fingerprint density at radius 2 is 1.53 bits per heavy atom. The van der Waals surface area contributed by atoms with Crippen molar-refractivity contribution < 1.29 is 0 Å². The molecule has 0 N–H and O–H groups in total. The van der Waals surface area contributed by atoms with Gasteiger partial charge in [-0.1, -0.05) is 112 Å². The fourth-order valence-corrected chi connectivity index (χ4v) is 17.6. The fraction of sp³-hybridized carbons (Fsp3) is 0.333. The highest BCUT2D eigenvalue weighted by Gasteiger charge is 2.39. The predicted molar refractivity (Wildman–Crippen MR) is 173 cm³/mol. The smallest absolute Gasteiger partial charge is 0.124 e. The summed E-state index contributed by atoms with van der Waals surface area (Å²) < 4.78 is 1.19. The summed E-state index contributed by atoms with van der Waals surface area (Å²) in [5.74, 6) is 0. The Labute approximate surface area is 233 Å². The zero-order valence-electron chi connectivity index (χ0n) is 24.0. The molecule has 5 heteroatoms. The molecule has 194 valence electrons. The average Bonchev–Trinajstić information content (AvgIpc) is 3.32. The molecule has 0 amide bonds. The van der Waals surface area contributed by atoms with E-state index in [2.05, 4.69) is 108 Å². The lowest BCUT2D eigenvalue weighted by Crippen LogP contribution is -2.63. The third-order valence-corrected chi connectivity index (χ3v) is 17.3. The van der Waals surface area contributed by atoms with E-state index in [0.29, 0.717) is 0 Å². The van der Waals surface area contributed by atoms with Gasteiger partial charge in [0, 0.05) is 17.3 Å². The van der Waals surface area contributed by atoms with Crippen LogP contribution in [0.5, 0.6) is 0 Å². The first-order valence-electron chi connectivity index (χ1n) is 13.8. The zero-order valence-corrected chi connectivity index (χ0v) is 26.8. The first-order chi connectivity index (χ1) is 17.8. The van der Waals surface area contributed by atoms with Crippen LogP contribution in [0.25, 0.3) is 42.8 Å². The second-order valence-electron chi connectivity index (χ2n) is 13.5. The van der Waals surface area contributed by atoms with Crippen LogP contribution in [0.1, 0.15) is 31.9 Å². The molecule has 0 spiro atoms. The van der Waals surface area contributed by atoms with Gasteiger partial charge in [0.2, 0.25) is 0 Å². The Morgan fingerprint density at radius 3 is 2.26 bits per heavy atom. The van der Waals surface area contributed by atoms with E-state index in [0.717, 1.165) is 21.8 Å². The summed E-state index contributed by atoms with van der Waals surface area (Å²) >= 11 is 1.81. The van der Waals surface area contributed by atoms with Crippen LogP contribution in [0.4, 0.5) is 0 Å². The molecule has 3 aromatic carbocycles. The lowest BCUT2D eigenvalue weighted by molar-refractivity contribution is 0.596. The number of nitrogens with zero attached hydrogens (tertiary/aromatic N) is 2. The second-order valence-corrected chi connectivity index (χ2v) is 24.1. The average molecular weight is 551 g/mol. The van der Waals surface area contributed by atoms with E-state index in [4.69, 9.17) is 9.97 Å². The van der Waals surface area contributed by atoms with Gasteiger partial charge < -0.3 is 0 Å². The molecule has 0 aliphatic carbocycles. The first kappa shape index (κ1) is 25.7. The molecule has 0 saturated carbocycles. The van der Waals surface area contributed by atoms with Gasteiger partial charge in [0.05, 0.1) is 32.1 Å². The van der Waals surface area contributed by atoms with Gasteiger partial charge >= 0.3 is 0 Å². The molecule has 2 aromatic heterocycles. The minimum absolute atomic E-state index is 0.0369. The number of hydrogen-bond acceptors (Lipinski definition) is 3. The summed E-state index contributed by atoms with van der Waals surface area (Å²) in [5, 5.41) is 7.08. The summed E-state index contributed by atoms with van der Waals surface area (Å²) in [6.07, 6.45) is 2.00. The van der Waals surface area contributed by atoms with Crippen molar-refractivity contribution in [1.82, 2.24) is 9.97 Å². The molecule has 38 heavy (non-hydrogen) atoms. The normalized spacial score (nSPS) is 16.6. The second kappa shape index (κ2) is 8.70. The number of rotatable bonds is 2. The Hall–Kier alpha value is -2.61. The van der Waals surface area contributed by atoms with E-state index in [1.54, 1.807) is 10.4 Å². The van der Waals surface area contributed by atoms with E-state index < -0.39 is 16.1 Å². The molecule has 0 fully saturated rings. The molecule has 0 atom stereocenters. The van der Waals surface area contributed by atoms with Gasteiger partial charge in [-0.2, -0.15) is 0 Å². The van der Waals surface area contributed by atoms with Crippen molar-refractivity contribution in [3.8, 4) is 21.8 Å². The van der Waals surface area contributed by atoms with Gasteiger partial charge in [-0.05, 0) is 46.4 Å². The fourth-order valence-electron chi connectivity index (χ4n) is 6.15. The van der Waals surface area contributed by atoms with Gasteiger partial charge in [0.15, 0.2) is 0 Å². The summed E-state index contributed by atoms with van der Waals surface area (Å²) in [5.41, 5.74) is 7.13. The lowest BCUT2D eigenvalue weighted by atomic mass is 9.82. The number of fused-ring (bicyclic) bond motifs is 3. The van der Waals surface area contributed by atoms with Crippen molar-refractivity contribution in [2.75, 3.05) is 0 Å². The van der Waals surface area contributed by atoms with Crippen LogP contribution < -0.4 is 10.4 Å². The number of thiazole rings is 1.